The number of hydrogen-bond acceptors (Lipinski definition) is 5. The largest absolute Gasteiger partial charge is 0.480 e. The zero-order valence-electron chi connectivity index (χ0n) is 9.90. The normalized spacial score (nSPS) is 23.2. The highest BCUT2D eigenvalue weighted by molar-refractivity contribution is 5.83. The summed E-state index contributed by atoms with van der Waals surface area (Å²) >= 11 is 0. The first-order valence-electron chi connectivity index (χ1n) is 5.69. The Kier molecular flexibility index (Phi) is 5.32. The number of carbonyl (C=O) groups excluding carboxylic acids is 1. The fourth-order valence-corrected chi connectivity index (χ4v) is 1.99. The molecule has 8 heteroatoms. The molecule has 0 aromatic heterocycles. The number of carbonyl (C=O) groups is 2. The second-order valence-electron chi connectivity index (χ2n) is 4.11. The smallest absolute Gasteiger partial charge is 0.326 e. The molecule has 8 nitrogen and oxygen atoms in total. The van der Waals surface area contributed by atoms with Gasteiger partial charge >= 0.3 is 12.0 Å². The van der Waals surface area contributed by atoms with Crippen LogP contribution >= 0.6 is 0 Å². The molecule has 0 unspecified atom stereocenters. The monoisotopic (exact) mass is 262 g/mol. The molecule has 2 amide bonds. The molecule has 1 saturated heterocycles. The summed E-state index contributed by atoms with van der Waals surface area (Å²) in [5.41, 5.74) is 0. The van der Waals surface area contributed by atoms with Crippen LogP contribution in [0.2, 0.25) is 0 Å². The molecule has 0 aromatic carbocycles. The molecule has 1 rings (SSSR count). The second-order valence-corrected chi connectivity index (χ2v) is 4.11. The summed E-state index contributed by atoms with van der Waals surface area (Å²) in [6.07, 6.45) is -0.868. The van der Waals surface area contributed by atoms with Gasteiger partial charge in [-0.1, -0.05) is 0 Å². The Balaban J connectivity index is 2.76. The summed E-state index contributed by atoms with van der Waals surface area (Å²) in [7, 11) is 0. The van der Waals surface area contributed by atoms with Gasteiger partial charge in [-0.2, -0.15) is 0 Å². The number of β-amino-alcohol motifs (C(OH)–C–C–N with tert-alkyl or cyclic N) is 1. The fourth-order valence-electron chi connectivity index (χ4n) is 1.99. The summed E-state index contributed by atoms with van der Waals surface area (Å²) in [6, 6.07) is -1.66. The lowest BCUT2D eigenvalue weighted by atomic mass is 10.2. The molecule has 0 saturated carbocycles. The maximum atomic E-state index is 12.0. The van der Waals surface area contributed by atoms with Crippen molar-refractivity contribution in [2.75, 3.05) is 32.8 Å². The Bertz CT molecular complexity index is 305. The van der Waals surface area contributed by atoms with E-state index in [1.807, 2.05) is 0 Å². The van der Waals surface area contributed by atoms with Gasteiger partial charge in [0, 0.05) is 26.1 Å². The predicted octanol–water partition coefficient (Wildman–Crippen LogP) is -2.09. The van der Waals surface area contributed by atoms with Crippen molar-refractivity contribution >= 4 is 12.0 Å². The van der Waals surface area contributed by atoms with Gasteiger partial charge in [-0.15, -0.1) is 0 Å². The SMILES string of the molecule is O=C(O)[C@@H]1C[C@H](O)CN1C(=O)N(CCO)CCO. The highest BCUT2D eigenvalue weighted by Gasteiger charge is 2.40. The minimum atomic E-state index is -1.17. The predicted molar refractivity (Wildman–Crippen MR) is 59.9 cm³/mol. The lowest BCUT2D eigenvalue weighted by Crippen LogP contribution is -2.49. The van der Waals surface area contributed by atoms with Gasteiger partial charge in [-0.05, 0) is 0 Å². The highest BCUT2D eigenvalue weighted by Crippen LogP contribution is 2.19. The molecule has 0 spiro atoms. The van der Waals surface area contributed by atoms with Crippen molar-refractivity contribution in [2.45, 2.75) is 18.6 Å². The van der Waals surface area contributed by atoms with E-state index in [0.29, 0.717) is 0 Å². The Morgan fingerprint density at radius 1 is 1.22 bits per heavy atom. The minimum absolute atomic E-state index is 0.00678. The molecule has 0 aliphatic carbocycles. The molecule has 1 aliphatic heterocycles. The van der Waals surface area contributed by atoms with Gasteiger partial charge in [0.05, 0.1) is 19.3 Å². The van der Waals surface area contributed by atoms with Gasteiger partial charge in [0.25, 0.3) is 0 Å². The Labute approximate surface area is 104 Å². The standard InChI is InChI=1S/C10H18N2O6/c13-3-1-11(2-4-14)10(18)12-6-7(15)5-8(12)9(16)17/h7-8,13-15H,1-6H2,(H,16,17)/t7-,8-/m0/s1. The van der Waals surface area contributed by atoms with Gasteiger partial charge in [0.2, 0.25) is 0 Å². The Morgan fingerprint density at radius 2 is 1.78 bits per heavy atom. The number of hydrogen-bond donors (Lipinski definition) is 4. The van der Waals surface area contributed by atoms with E-state index in [4.69, 9.17) is 15.3 Å². The number of aliphatic hydroxyl groups excluding tert-OH is 3. The first kappa shape index (κ1) is 14.7. The zero-order valence-corrected chi connectivity index (χ0v) is 9.90. The van der Waals surface area contributed by atoms with Gasteiger partial charge in [-0.25, -0.2) is 9.59 Å². The quantitative estimate of drug-likeness (QED) is 0.451. The van der Waals surface area contributed by atoms with E-state index in [0.717, 1.165) is 9.80 Å². The number of aliphatic hydroxyl groups is 3. The van der Waals surface area contributed by atoms with E-state index in [1.165, 1.54) is 0 Å². The van der Waals surface area contributed by atoms with Crippen LogP contribution in [-0.2, 0) is 4.79 Å². The Morgan fingerprint density at radius 3 is 2.22 bits per heavy atom. The van der Waals surface area contributed by atoms with E-state index < -0.39 is 24.1 Å². The van der Waals surface area contributed by atoms with Crippen LogP contribution in [0.3, 0.4) is 0 Å². The van der Waals surface area contributed by atoms with Crippen molar-refractivity contribution in [3.8, 4) is 0 Å². The van der Waals surface area contributed by atoms with Crippen molar-refractivity contribution in [2.24, 2.45) is 0 Å². The number of carboxylic acid groups (broad SMARTS) is 1. The number of nitrogens with zero attached hydrogens (tertiary/aromatic N) is 2. The van der Waals surface area contributed by atoms with Crippen LogP contribution in [0, 0.1) is 0 Å². The molecule has 0 radical (unpaired) electrons. The number of likely N-dealkylation sites (tertiary alicyclic amines) is 1. The lowest BCUT2D eigenvalue weighted by Gasteiger charge is -2.29. The van der Waals surface area contributed by atoms with E-state index >= 15 is 0 Å². The van der Waals surface area contributed by atoms with Crippen LogP contribution in [0.15, 0.2) is 0 Å². The van der Waals surface area contributed by atoms with Crippen LogP contribution < -0.4 is 0 Å². The molecule has 1 aliphatic rings. The van der Waals surface area contributed by atoms with Crippen molar-refractivity contribution < 1.29 is 30.0 Å². The third kappa shape index (κ3) is 3.31. The first-order chi connectivity index (χ1) is 8.51. The van der Waals surface area contributed by atoms with Gasteiger partial charge < -0.3 is 30.2 Å². The maximum absolute atomic E-state index is 12.0. The lowest BCUT2D eigenvalue weighted by molar-refractivity contribution is -0.141. The van der Waals surface area contributed by atoms with Crippen LogP contribution in [0.5, 0.6) is 0 Å². The number of aliphatic carboxylic acids is 1. The van der Waals surface area contributed by atoms with E-state index in [1.54, 1.807) is 0 Å². The van der Waals surface area contributed by atoms with Gasteiger partial charge in [0.1, 0.15) is 6.04 Å². The fraction of sp³-hybridized carbons (Fsp3) is 0.800. The van der Waals surface area contributed by atoms with E-state index in [-0.39, 0.29) is 39.3 Å². The van der Waals surface area contributed by atoms with Crippen molar-refractivity contribution in [1.29, 1.82) is 0 Å². The van der Waals surface area contributed by atoms with Crippen LogP contribution in [-0.4, -0.2) is 87.2 Å². The molecule has 0 aromatic rings. The molecule has 104 valence electrons. The molecule has 2 atom stereocenters. The van der Waals surface area contributed by atoms with Crippen LogP contribution in [0.1, 0.15) is 6.42 Å². The van der Waals surface area contributed by atoms with E-state index in [2.05, 4.69) is 0 Å². The maximum Gasteiger partial charge on any atom is 0.326 e. The van der Waals surface area contributed by atoms with Crippen molar-refractivity contribution in [3.05, 3.63) is 0 Å². The van der Waals surface area contributed by atoms with Gasteiger partial charge in [0.15, 0.2) is 0 Å². The average Bonchev–Trinajstić information content (AvgIpc) is 2.70. The molecule has 18 heavy (non-hydrogen) atoms. The number of carboxylic acids is 1. The summed E-state index contributed by atoms with van der Waals surface area (Å²) in [5, 5.41) is 36.0. The van der Waals surface area contributed by atoms with Crippen LogP contribution in [0.4, 0.5) is 4.79 Å². The Hall–Kier alpha value is -1.38. The number of urea groups is 1. The molecular weight excluding hydrogens is 244 g/mol. The molecular formula is C10H18N2O6. The zero-order chi connectivity index (χ0) is 13.7. The first-order valence-corrected chi connectivity index (χ1v) is 5.69. The van der Waals surface area contributed by atoms with Gasteiger partial charge in [-0.3, -0.25) is 0 Å². The summed E-state index contributed by atoms with van der Waals surface area (Å²) in [4.78, 5) is 25.2. The highest BCUT2D eigenvalue weighted by atomic mass is 16.4. The number of rotatable bonds is 5. The summed E-state index contributed by atoms with van der Waals surface area (Å²) in [6.45, 7) is -0.584. The number of amides is 2. The van der Waals surface area contributed by atoms with Crippen molar-refractivity contribution in [1.82, 2.24) is 9.80 Å². The third-order valence-corrected chi connectivity index (χ3v) is 2.82. The minimum Gasteiger partial charge on any atom is -0.480 e. The van der Waals surface area contributed by atoms with E-state index in [9.17, 15) is 14.7 Å². The third-order valence-electron chi connectivity index (χ3n) is 2.82. The second kappa shape index (κ2) is 6.53. The topological polar surface area (TPSA) is 122 Å². The van der Waals surface area contributed by atoms with Crippen LogP contribution in [0.25, 0.3) is 0 Å². The van der Waals surface area contributed by atoms with Crippen molar-refractivity contribution in [3.63, 3.8) is 0 Å². The summed E-state index contributed by atoms with van der Waals surface area (Å²) in [5.74, 6) is -1.17. The molecule has 1 fully saturated rings. The molecule has 0 bridgehead atoms. The average molecular weight is 262 g/mol. The molecule has 4 N–H and O–H groups in total. The summed E-state index contributed by atoms with van der Waals surface area (Å²) < 4.78 is 0. The molecule has 1 heterocycles.